The Labute approximate surface area is 53.8 Å². The smallest absolute Gasteiger partial charge is 0.409 e. The van der Waals surface area contributed by atoms with Crippen LogP contribution in [0.3, 0.4) is 0 Å². The monoisotopic (exact) mass is 133 g/mol. The first-order valence-corrected chi connectivity index (χ1v) is 2.77. The summed E-state index contributed by atoms with van der Waals surface area (Å²) in [5.41, 5.74) is 0. The van der Waals surface area contributed by atoms with E-state index in [1.165, 1.54) is 7.05 Å². The predicted octanol–water partition coefficient (Wildman–Crippen LogP) is 0.0708. The van der Waals surface area contributed by atoms with Gasteiger partial charge in [-0.2, -0.15) is 0 Å². The lowest BCUT2D eigenvalue weighted by molar-refractivity contribution is -0.0525. The fourth-order valence-electron chi connectivity index (χ4n) is 0.266. The molecule has 0 aromatic heterocycles. The van der Waals surface area contributed by atoms with Crippen molar-refractivity contribution in [1.29, 1.82) is 0 Å². The van der Waals surface area contributed by atoms with Crippen LogP contribution in [0.25, 0.3) is 0 Å². The van der Waals surface area contributed by atoms with Crippen LogP contribution in [0.5, 0.6) is 0 Å². The van der Waals surface area contributed by atoms with E-state index in [1.54, 1.807) is 6.92 Å². The second kappa shape index (κ2) is 4.14. The molecular formula is C5H11NO3. The highest BCUT2D eigenvalue weighted by molar-refractivity contribution is 5.66. The van der Waals surface area contributed by atoms with Crippen molar-refractivity contribution in [3.05, 3.63) is 0 Å². The van der Waals surface area contributed by atoms with Crippen molar-refractivity contribution in [1.82, 2.24) is 5.32 Å². The highest BCUT2D eigenvalue weighted by Crippen LogP contribution is 1.91. The van der Waals surface area contributed by atoms with E-state index in [9.17, 15) is 4.79 Å². The third-order valence-electron chi connectivity index (χ3n) is 0.796. The van der Waals surface area contributed by atoms with E-state index in [1.807, 2.05) is 0 Å². The minimum atomic E-state index is -0.982. The van der Waals surface area contributed by atoms with Gasteiger partial charge in [0.05, 0.1) is 0 Å². The third kappa shape index (κ3) is 3.78. The van der Waals surface area contributed by atoms with Crippen LogP contribution in [0.2, 0.25) is 0 Å². The fourth-order valence-corrected chi connectivity index (χ4v) is 0.266. The summed E-state index contributed by atoms with van der Waals surface area (Å²) in [4.78, 5) is 10.3. The predicted molar refractivity (Wildman–Crippen MR) is 31.8 cm³/mol. The highest BCUT2D eigenvalue weighted by Gasteiger charge is 2.04. The molecule has 0 aliphatic carbocycles. The number of hydrogen-bond acceptors (Lipinski definition) is 3. The van der Waals surface area contributed by atoms with E-state index in [2.05, 4.69) is 10.1 Å². The first-order valence-electron chi connectivity index (χ1n) is 2.77. The molecule has 0 aliphatic rings. The van der Waals surface area contributed by atoms with Crippen molar-refractivity contribution >= 4 is 6.09 Å². The molecule has 1 atom stereocenters. The highest BCUT2D eigenvalue weighted by atomic mass is 16.6. The Morgan fingerprint density at radius 3 is 2.78 bits per heavy atom. The minimum Gasteiger partial charge on any atom is -0.420 e. The molecule has 0 heterocycles. The zero-order chi connectivity index (χ0) is 7.28. The van der Waals surface area contributed by atoms with Crippen molar-refractivity contribution in [3.8, 4) is 0 Å². The summed E-state index contributed by atoms with van der Waals surface area (Å²) < 4.78 is 4.35. The van der Waals surface area contributed by atoms with Gasteiger partial charge in [0.2, 0.25) is 6.29 Å². The van der Waals surface area contributed by atoms with E-state index >= 15 is 0 Å². The second-order valence-corrected chi connectivity index (χ2v) is 1.52. The van der Waals surface area contributed by atoms with Crippen LogP contribution in [-0.4, -0.2) is 24.5 Å². The molecule has 0 aliphatic heterocycles. The molecule has 0 aromatic rings. The van der Waals surface area contributed by atoms with Gasteiger partial charge in [-0.15, -0.1) is 0 Å². The maximum absolute atomic E-state index is 10.3. The summed E-state index contributed by atoms with van der Waals surface area (Å²) in [5, 5.41) is 10.9. The van der Waals surface area contributed by atoms with E-state index in [0.29, 0.717) is 6.42 Å². The van der Waals surface area contributed by atoms with Crippen LogP contribution in [0.1, 0.15) is 13.3 Å². The number of amides is 1. The Kier molecular flexibility index (Phi) is 3.79. The number of alkyl carbamates (subject to hydrolysis) is 1. The molecule has 0 spiro atoms. The molecule has 0 bridgehead atoms. The maximum Gasteiger partial charge on any atom is 0.409 e. The summed E-state index contributed by atoms with van der Waals surface area (Å²) >= 11 is 0. The van der Waals surface area contributed by atoms with Gasteiger partial charge < -0.3 is 15.2 Å². The largest absolute Gasteiger partial charge is 0.420 e. The maximum atomic E-state index is 10.3. The van der Waals surface area contributed by atoms with Crippen LogP contribution in [0.15, 0.2) is 0 Å². The lowest BCUT2D eigenvalue weighted by Crippen LogP contribution is -2.25. The average Bonchev–Trinajstić information content (AvgIpc) is 1.87. The van der Waals surface area contributed by atoms with Crippen LogP contribution < -0.4 is 5.32 Å². The second-order valence-electron chi connectivity index (χ2n) is 1.52. The van der Waals surface area contributed by atoms with Crippen molar-refractivity contribution in [2.75, 3.05) is 7.05 Å². The molecule has 9 heavy (non-hydrogen) atoms. The molecule has 0 rings (SSSR count). The number of aliphatic hydroxyl groups excluding tert-OH is 1. The quantitative estimate of drug-likeness (QED) is 0.524. The van der Waals surface area contributed by atoms with Crippen LogP contribution >= 0.6 is 0 Å². The van der Waals surface area contributed by atoms with Gasteiger partial charge in [0.15, 0.2) is 0 Å². The topological polar surface area (TPSA) is 58.6 Å². The number of carbonyl (C=O) groups is 1. The van der Waals surface area contributed by atoms with Crippen LogP contribution in [0, 0.1) is 0 Å². The third-order valence-corrected chi connectivity index (χ3v) is 0.796. The standard InChI is InChI=1S/C5H11NO3/c1-3-4(7)9-5(8)6-2/h4,7H,3H2,1-2H3,(H,6,8). The Hall–Kier alpha value is -0.770. The Morgan fingerprint density at radius 2 is 2.44 bits per heavy atom. The van der Waals surface area contributed by atoms with Crippen molar-refractivity contribution in [2.45, 2.75) is 19.6 Å². The van der Waals surface area contributed by atoms with Crippen molar-refractivity contribution < 1.29 is 14.6 Å². The SMILES string of the molecule is CCC(O)OC(=O)NC. The molecule has 0 fully saturated rings. The molecule has 54 valence electrons. The van der Waals surface area contributed by atoms with E-state index in [-0.39, 0.29) is 0 Å². The Balaban J connectivity index is 3.34. The normalized spacial score (nSPS) is 12.3. The van der Waals surface area contributed by atoms with Gasteiger partial charge in [0, 0.05) is 13.5 Å². The number of aliphatic hydroxyl groups is 1. The Bertz CT molecular complexity index is 94.2. The molecular weight excluding hydrogens is 122 g/mol. The molecule has 1 unspecified atom stereocenters. The first-order chi connectivity index (χ1) is 4.20. The van der Waals surface area contributed by atoms with Gasteiger partial charge in [-0.05, 0) is 0 Å². The van der Waals surface area contributed by atoms with Gasteiger partial charge in [-0.25, -0.2) is 4.79 Å². The number of carbonyl (C=O) groups excluding carboxylic acids is 1. The van der Waals surface area contributed by atoms with Crippen molar-refractivity contribution in [2.24, 2.45) is 0 Å². The molecule has 4 nitrogen and oxygen atoms in total. The van der Waals surface area contributed by atoms with E-state index in [4.69, 9.17) is 5.11 Å². The molecule has 1 amide bonds. The zero-order valence-corrected chi connectivity index (χ0v) is 5.55. The lowest BCUT2D eigenvalue weighted by atomic mass is 10.5. The van der Waals surface area contributed by atoms with Crippen LogP contribution in [-0.2, 0) is 4.74 Å². The average molecular weight is 133 g/mol. The molecule has 0 saturated heterocycles. The molecule has 0 radical (unpaired) electrons. The summed E-state index contributed by atoms with van der Waals surface area (Å²) in [6, 6.07) is 0. The summed E-state index contributed by atoms with van der Waals surface area (Å²) in [7, 11) is 1.44. The number of nitrogens with one attached hydrogen (secondary N) is 1. The summed E-state index contributed by atoms with van der Waals surface area (Å²) in [5.74, 6) is 0. The lowest BCUT2D eigenvalue weighted by Gasteiger charge is -2.07. The van der Waals surface area contributed by atoms with Gasteiger partial charge in [0.25, 0.3) is 0 Å². The van der Waals surface area contributed by atoms with E-state index in [0.717, 1.165) is 0 Å². The van der Waals surface area contributed by atoms with Gasteiger partial charge in [0.1, 0.15) is 0 Å². The van der Waals surface area contributed by atoms with E-state index < -0.39 is 12.4 Å². The number of rotatable bonds is 2. The fraction of sp³-hybridized carbons (Fsp3) is 0.800. The molecule has 0 saturated carbocycles. The molecule has 0 aromatic carbocycles. The minimum absolute atomic E-state index is 0.410. The van der Waals surface area contributed by atoms with Gasteiger partial charge >= 0.3 is 6.09 Å². The van der Waals surface area contributed by atoms with Gasteiger partial charge in [-0.1, -0.05) is 6.92 Å². The summed E-state index contributed by atoms with van der Waals surface area (Å²) in [6.45, 7) is 1.72. The van der Waals surface area contributed by atoms with Crippen molar-refractivity contribution in [3.63, 3.8) is 0 Å². The zero-order valence-electron chi connectivity index (χ0n) is 5.55. The summed E-state index contributed by atoms with van der Waals surface area (Å²) in [6.07, 6.45) is -1.18. The molecule has 2 N–H and O–H groups in total. The first kappa shape index (κ1) is 8.23. The number of hydrogen-bond donors (Lipinski definition) is 2. The molecule has 4 heteroatoms. The number of ether oxygens (including phenoxy) is 1. The Morgan fingerprint density at radius 1 is 1.89 bits per heavy atom. The van der Waals surface area contributed by atoms with Gasteiger partial charge in [-0.3, -0.25) is 0 Å². The van der Waals surface area contributed by atoms with Crippen LogP contribution in [0.4, 0.5) is 4.79 Å².